The Balaban J connectivity index is 2.31. The van der Waals surface area contributed by atoms with Crippen LogP contribution in [0.2, 0.25) is 0 Å². The van der Waals surface area contributed by atoms with Crippen LogP contribution in [-0.2, 0) is 4.79 Å². The van der Waals surface area contributed by atoms with E-state index in [-0.39, 0.29) is 5.75 Å². The zero-order valence-electron chi connectivity index (χ0n) is 8.16. The van der Waals surface area contributed by atoms with Gasteiger partial charge in [0, 0.05) is 5.25 Å². The molecule has 76 valence electrons. The van der Waals surface area contributed by atoms with Crippen LogP contribution in [0.25, 0.3) is 0 Å². The van der Waals surface area contributed by atoms with Crippen LogP contribution in [0.4, 0.5) is 0 Å². The van der Waals surface area contributed by atoms with E-state index >= 15 is 0 Å². The van der Waals surface area contributed by atoms with Gasteiger partial charge in [-0.25, -0.2) is 0 Å². The molecule has 1 aliphatic rings. The molecule has 13 heavy (non-hydrogen) atoms. The Hall–Kier alpha value is -0.180. The van der Waals surface area contributed by atoms with E-state index in [0.717, 1.165) is 5.92 Å². The molecule has 2 atom stereocenters. The highest BCUT2D eigenvalue weighted by Gasteiger charge is 2.24. The molecule has 0 aromatic carbocycles. The van der Waals surface area contributed by atoms with Crippen LogP contribution in [0.5, 0.6) is 0 Å². The summed E-state index contributed by atoms with van der Waals surface area (Å²) in [5.74, 6) is 0.366. The molecule has 0 saturated heterocycles. The summed E-state index contributed by atoms with van der Waals surface area (Å²) in [6.45, 7) is 2.21. The van der Waals surface area contributed by atoms with Gasteiger partial charge in [0.15, 0.2) is 0 Å². The molecule has 0 aliphatic heterocycles. The van der Waals surface area contributed by atoms with E-state index in [1.54, 1.807) is 11.8 Å². The van der Waals surface area contributed by atoms with E-state index in [9.17, 15) is 4.79 Å². The number of carboxylic acid groups (broad SMARTS) is 1. The van der Waals surface area contributed by atoms with Crippen molar-refractivity contribution in [1.82, 2.24) is 0 Å². The lowest BCUT2D eigenvalue weighted by Crippen LogP contribution is -2.22. The van der Waals surface area contributed by atoms with Crippen molar-refractivity contribution >= 4 is 17.7 Å². The smallest absolute Gasteiger partial charge is 0.313 e. The first kappa shape index (κ1) is 10.9. The molecule has 0 aromatic heterocycles. The predicted octanol–water partition coefficient (Wildman–Crippen LogP) is 2.77. The standard InChI is InChI=1S/C10H18O2S/c1-2-8-5-3-4-6-9(8)13-7-10(11)12/h8-9H,2-7H2,1H3,(H,11,12). The second-order valence-corrected chi connectivity index (χ2v) is 4.92. The summed E-state index contributed by atoms with van der Waals surface area (Å²) < 4.78 is 0. The molecule has 3 heteroatoms. The molecule has 2 unspecified atom stereocenters. The Morgan fingerprint density at radius 1 is 1.46 bits per heavy atom. The van der Waals surface area contributed by atoms with Crippen molar-refractivity contribution in [3.8, 4) is 0 Å². The summed E-state index contributed by atoms with van der Waals surface area (Å²) in [6, 6.07) is 0. The number of carboxylic acids is 1. The molecule has 0 heterocycles. The average Bonchev–Trinajstić information content (AvgIpc) is 2.15. The van der Waals surface area contributed by atoms with Crippen LogP contribution in [-0.4, -0.2) is 22.1 Å². The summed E-state index contributed by atoms with van der Waals surface area (Å²) >= 11 is 1.64. The molecule has 1 fully saturated rings. The Morgan fingerprint density at radius 3 is 2.77 bits per heavy atom. The van der Waals surface area contributed by atoms with Crippen LogP contribution < -0.4 is 0 Å². The first-order valence-electron chi connectivity index (χ1n) is 5.07. The largest absolute Gasteiger partial charge is 0.481 e. The highest BCUT2D eigenvalue weighted by molar-refractivity contribution is 8.00. The van der Waals surface area contributed by atoms with Gasteiger partial charge in [0.2, 0.25) is 0 Å². The lowest BCUT2D eigenvalue weighted by atomic mass is 9.87. The maximum absolute atomic E-state index is 10.4. The zero-order chi connectivity index (χ0) is 9.68. The number of hydrogen-bond donors (Lipinski definition) is 1. The van der Waals surface area contributed by atoms with Gasteiger partial charge < -0.3 is 5.11 Å². The zero-order valence-corrected chi connectivity index (χ0v) is 8.98. The topological polar surface area (TPSA) is 37.3 Å². The molecule has 0 bridgehead atoms. The maximum atomic E-state index is 10.4. The maximum Gasteiger partial charge on any atom is 0.313 e. The van der Waals surface area contributed by atoms with Crippen molar-refractivity contribution in [2.45, 2.75) is 44.3 Å². The fourth-order valence-electron chi connectivity index (χ4n) is 2.04. The van der Waals surface area contributed by atoms with Gasteiger partial charge in [-0.1, -0.05) is 26.2 Å². The van der Waals surface area contributed by atoms with Crippen molar-refractivity contribution in [2.24, 2.45) is 5.92 Å². The van der Waals surface area contributed by atoms with E-state index in [1.165, 1.54) is 32.1 Å². The molecular formula is C10H18O2S. The van der Waals surface area contributed by atoms with Gasteiger partial charge in [-0.3, -0.25) is 4.79 Å². The molecule has 0 amide bonds. The first-order chi connectivity index (χ1) is 6.24. The van der Waals surface area contributed by atoms with E-state index in [0.29, 0.717) is 5.25 Å². The SMILES string of the molecule is CCC1CCCCC1SCC(=O)O. The lowest BCUT2D eigenvalue weighted by molar-refractivity contribution is -0.133. The Morgan fingerprint density at radius 2 is 2.15 bits per heavy atom. The Kier molecular flexibility index (Phi) is 4.64. The number of thioether (sulfide) groups is 1. The van der Waals surface area contributed by atoms with Crippen LogP contribution in [0.1, 0.15) is 39.0 Å². The second kappa shape index (κ2) is 5.53. The van der Waals surface area contributed by atoms with Gasteiger partial charge in [0.05, 0.1) is 5.75 Å². The highest BCUT2D eigenvalue weighted by atomic mass is 32.2. The third-order valence-electron chi connectivity index (χ3n) is 2.78. The van der Waals surface area contributed by atoms with Crippen molar-refractivity contribution in [1.29, 1.82) is 0 Å². The minimum absolute atomic E-state index is 0.279. The molecule has 1 N–H and O–H groups in total. The highest BCUT2D eigenvalue weighted by Crippen LogP contribution is 2.34. The van der Waals surface area contributed by atoms with Crippen molar-refractivity contribution in [3.05, 3.63) is 0 Å². The van der Waals surface area contributed by atoms with Gasteiger partial charge in [-0.05, 0) is 18.8 Å². The summed E-state index contributed by atoms with van der Waals surface area (Å²) in [5, 5.41) is 9.19. The van der Waals surface area contributed by atoms with E-state index in [2.05, 4.69) is 6.92 Å². The quantitative estimate of drug-likeness (QED) is 0.761. The molecule has 1 rings (SSSR count). The molecule has 2 nitrogen and oxygen atoms in total. The fourth-order valence-corrected chi connectivity index (χ4v) is 3.33. The molecule has 0 radical (unpaired) electrons. The summed E-state index contributed by atoms with van der Waals surface area (Å²) in [6.07, 6.45) is 6.35. The van der Waals surface area contributed by atoms with Crippen molar-refractivity contribution in [3.63, 3.8) is 0 Å². The van der Waals surface area contributed by atoms with Gasteiger partial charge in [0.1, 0.15) is 0 Å². The molecule has 0 aromatic rings. The van der Waals surface area contributed by atoms with Gasteiger partial charge in [-0.2, -0.15) is 0 Å². The van der Waals surface area contributed by atoms with Crippen LogP contribution in [0, 0.1) is 5.92 Å². The molecule has 1 aliphatic carbocycles. The Labute approximate surface area is 84.1 Å². The van der Waals surface area contributed by atoms with Gasteiger partial charge in [-0.15, -0.1) is 11.8 Å². The number of carbonyl (C=O) groups is 1. The van der Waals surface area contributed by atoms with Crippen molar-refractivity contribution in [2.75, 3.05) is 5.75 Å². The van der Waals surface area contributed by atoms with Crippen LogP contribution in [0.3, 0.4) is 0 Å². The number of rotatable bonds is 4. The third-order valence-corrected chi connectivity index (χ3v) is 4.25. The molecular weight excluding hydrogens is 184 g/mol. The monoisotopic (exact) mass is 202 g/mol. The average molecular weight is 202 g/mol. The minimum atomic E-state index is -0.676. The Bertz CT molecular complexity index is 170. The second-order valence-electron chi connectivity index (χ2n) is 3.70. The van der Waals surface area contributed by atoms with Crippen LogP contribution >= 0.6 is 11.8 Å². The van der Waals surface area contributed by atoms with E-state index in [4.69, 9.17) is 5.11 Å². The minimum Gasteiger partial charge on any atom is -0.481 e. The summed E-state index contributed by atoms with van der Waals surface area (Å²) in [7, 11) is 0. The fraction of sp³-hybridized carbons (Fsp3) is 0.900. The normalized spacial score (nSPS) is 28.7. The first-order valence-corrected chi connectivity index (χ1v) is 6.12. The number of aliphatic carboxylic acids is 1. The van der Waals surface area contributed by atoms with Crippen LogP contribution in [0.15, 0.2) is 0 Å². The van der Waals surface area contributed by atoms with Gasteiger partial charge in [0.25, 0.3) is 0 Å². The summed E-state index contributed by atoms with van der Waals surface area (Å²) in [4.78, 5) is 10.4. The summed E-state index contributed by atoms with van der Waals surface area (Å²) in [5.41, 5.74) is 0. The number of hydrogen-bond acceptors (Lipinski definition) is 2. The van der Waals surface area contributed by atoms with Gasteiger partial charge >= 0.3 is 5.97 Å². The van der Waals surface area contributed by atoms with E-state index < -0.39 is 5.97 Å². The van der Waals surface area contributed by atoms with Crippen molar-refractivity contribution < 1.29 is 9.90 Å². The van der Waals surface area contributed by atoms with E-state index in [1.807, 2.05) is 0 Å². The molecule has 0 spiro atoms. The lowest BCUT2D eigenvalue weighted by Gasteiger charge is -2.29. The predicted molar refractivity (Wildman–Crippen MR) is 56.1 cm³/mol. The third kappa shape index (κ3) is 3.59. The molecule has 1 saturated carbocycles.